The molecule has 0 N–H and O–H groups in total. The second kappa shape index (κ2) is 7.22. The Hall–Kier alpha value is -1.56. The van der Waals surface area contributed by atoms with E-state index in [4.69, 9.17) is 4.74 Å². The van der Waals surface area contributed by atoms with Gasteiger partial charge in [0.15, 0.2) is 0 Å². The van der Waals surface area contributed by atoms with E-state index in [0.29, 0.717) is 6.42 Å². The Morgan fingerprint density at radius 2 is 1.65 bits per heavy atom. The van der Waals surface area contributed by atoms with E-state index in [9.17, 15) is 9.59 Å². The van der Waals surface area contributed by atoms with Crippen LogP contribution in [-0.2, 0) is 16.0 Å². The maximum atomic E-state index is 13.0. The Bertz CT molecular complexity index is 674. The molecule has 2 amide bonds. The highest BCUT2D eigenvalue weighted by molar-refractivity contribution is 9.10. The molecule has 0 radical (unpaired) electrons. The van der Waals surface area contributed by atoms with Gasteiger partial charge in [0.1, 0.15) is 17.8 Å². The molecule has 1 saturated heterocycles. The van der Waals surface area contributed by atoms with Gasteiger partial charge < -0.3 is 9.64 Å². The zero-order valence-electron chi connectivity index (χ0n) is 16.7. The summed E-state index contributed by atoms with van der Waals surface area (Å²) < 4.78 is 6.61. The number of likely N-dealkylation sites (N-methyl/N-ethyl adjacent to an activating group) is 1. The van der Waals surface area contributed by atoms with Gasteiger partial charge in [0.2, 0.25) is 5.91 Å². The number of nitrogens with zero attached hydrogens (tertiary/aromatic N) is 2. The van der Waals surface area contributed by atoms with Crippen LogP contribution in [0.4, 0.5) is 4.79 Å². The minimum atomic E-state index is -0.619. The molecule has 0 aliphatic carbocycles. The van der Waals surface area contributed by atoms with E-state index in [-0.39, 0.29) is 17.5 Å². The predicted molar refractivity (Wildman–Crippen MR) is 106 cm³/mol. The first-order valence-electron chi connectivity index (χ1n) is 8.84. The lowest BCUT2D eigenvalue weighted by atomic mass is 9.91. The average Bonchev–Trinajstić information content (AvgIpc) is 2.72. The molecule has 2 atom stereocenters. The zero-order valence-corrected chi connectivity index (χ0v) is 18.3. The van der Waals surface area contributed by atoms with E-state index < -0.39 is 17.7 Å². The van der Waals surface area contributed by atoms with Crippen molar-refractivity contribution in [3.05, 3.63) is 34.3 Å². The first-order chi connectivity index (χ1) is 11.8. The van der Waals surface area contributed by atoms with Gasteiger partial charge in [0.05, 0.1) is 0 Å². The van der Waals surface area contributed by atoms with Crippen molar-refractivity contribution < 1.29 is 14.3 Å². The maximum Gasteiger partial charge on any atom is 0.412 e. The van der Waals surface area contributed by atoms with Crippen molar-refractivity contribution in [2.45, 2.75) is 65.8 Å². The van der Waals surface area contributed by atoms with Crippen LogP contribution in [-0.4, -0.2) is 46.7 Å². The Morgan fingerprint density at radius 1 is 1.12 bits per heavy atom. The van der Waals surface area contributed by atoms with Crippen LogP contribution in [0.5, 0.6) is 0 Å². The normalized spacial score (nSPS) is 21.3. The number of halogens is 1. The van der Waals surface area contributed by atoms with Crippen molar-refractivity contribution in [2.24, 2.45) is 5.41 Å². The van der Waals surface area contributed by atoms with Gasteiger partial charge >= 0.3 is 6.09 Å². The van der Waals surface area contributed by atoms with E-state index in [0.717, 1.165) is 10.0 Å². The lowest BCUT2D eigenvalue weighted by molar-refractivity contribution is -0.129. The SMILES string of the molecule is CN1C(=O)[C@H](Cc2ccc(Br)cc2)N(C(=O)OC(C)(C)C)[C@H]1C(C)(C)C. The minimum absolute atomic E-state index is 0.0568. The number of ether oxygens (including phenoxy) is 1. The van der Waals surface area contributed by atoms with Gasteiger partial charge in [-0.05, 0) is 38.5 Å². The smallest absolute Gasteiger partial charge is 0.412 e. The molecule has 2 rings (SSSR count). The fourth-order valence-electron chi connectivity index (χ4n) is 3.40. The highest BCUT2D eigenvalue weighted by atomic mass is 79.9. The standard InChI is InChI=1S/C20H29BrN2O3/c1-19(2,3)17-22(7)16(24)15(12-13-8-10-14(21)11-9-13)23(17)18(25)26-20(4,5)6/h8-11,15,17H,12H2,1-7H3/t15-,17-/m0/s1. The van der Waals surface area contributed by atoms with Crippen LogP contribution in [0.25, 0.3) is 0 Å². The second-order valence-corrected chi connectivity index (χ2v) is 9.84. The summed E-state index contributed by atoms with van der Waals surface area (Å²) in [5, 5.41) is 0. The number of hydrogen-bond acceptors (Lipinski definition) is 3. The van der Waals surface area contributed by atoms with Gasteiger partial charge in [-0.25, -0.2) is 4.79 Å². The summed E-state index contributed by atoms with van der Waals surface area (Å²) in [7, 11) is 1.76. The third-order valence-electron chi connectivity index (χ3n) is 4.32. The second-order valence-electron chi connectivity index (χ2n) is 8.92. The summed E-state index contributed by atoms with van der Waals surface area (Å²) >= 11 is 3.42. The number of hydrogen-bond donors (Lipinski definition) is 0. The van der Waals surface area contributed by atoms with Gasteiger partial charge in [0.25, 0.3) is 0 Å². The summed E-state index contributed by atoms with van der Waals surface area (Å²) in [6.45, 7) is 11.6. The van der Waals surface area contributed by atoms with Crippen LogP contribution >= 0.6 is 15.9 Å². The summed E-state index contributed by atoms with van der Waals surface area (Å²) in [6.07, 6.45) is -0.343. The average molecular weight is 425 g/mol. The minimum Gasteiger partial charge on any atom is -0.444 e. The molecule has 26 heavy (non-hydrogen) atoms. The van der Waals surface area contributed by atoms with E-state index in [1.165, 1.54) is 0 Å². The molecule has 5 nitrogen and oxygen atoms in total. The maximum absolute atomic E-state index is 13.0. The quantitative estimate of drug-likeness (QED) is 0.704. The van der Waals surface area contributed by atoms with E-state index in [2.05, 4.69) is 15.9 Å². The fraction of sp³-hybridized carbons (Fsp3) is 0.600. The van der Waals surface area contributed by atoms with Gasteiger partial charge in [-0.2, -0.15) is 0 Å². The number of carbonyl (C=O) groups is 2. The third-order valence-corrected chi connectivity index (χ3v) is 4.85. The summed E-state index contributed by atoms with van der Waals surface area (Å²) in [5.41, 5.74) is 0.0878. The molecule has 0 unspecified atom stereocenters. The molecule has 0 aromatic heterocycles. The highest BCUT2D eigenvalue weighted by Gasteiger charge is 2.52. The van der Waals surface area contributed by atoms with Crippen molar-refractivity contribution in [1.82, 2.24) is 9.80 Å². The molecule has 1 aromatic carbocycles. The molecule has 0 bridgehead atoms. The van der Waals surface area contributed by atoms with Crippen molar-refractivity contribution in [3.8, 4) is 0 Å². The monoisotopic (exact) mass is 424 g/mol. The van der Waals surface area contributed by atoms with E-state index in [1.807, 2.05) is 65.8 Å². The highest BCUT2D eigenvalue weighted by Crippen LogP contribution is 2.36. The molecule has 1 aromatic rings. The summed E-state index contributed by atoms with van der Waals surface area (Å²) in [4.78, 5) is 29.3. The van der Waals surface area contributed by atoms with Gasteiger partial charge in [-0.15, -0.1) is 0 Å². The van der Waals surface area contributed by atoms with Crippen molar-refractivity contribution >= 4 is 27.9 Å². The molecule has 6 heteroatoms. The summed E-state index contributed by atoms with van der Waals surface area (Å²) in [6, 6.07) is 7.25. The lowest BCUT2D eigenvalue weighted by Crippen LogP contribution is -2.52. The molecular formula is C20H29BrN2O3. The molecule has 1 aliphatic heterocycles. The first-order valence-corrected chi connectivity index (χ1v) is 9.63. The van der Waals surface area contributed by atoms with E-state index in [1.54, 1.807) is 16.8 Å². The zero-order chi connectivity index (χ0) is 19.9. The van der Waals surface area contributed by atoms with Crippen LogP contribution in [0, 0.1) is 5.41 Å². The van der Waals surface area contributed by atoms with Gasteiger partial charge in [-0.1, -0.05) is 48.8 Å². The van der Waals surface area contributed by atoms with E-state index >= 15 is 0 Å². The molecule has 1 heterocycles. The fourth-order valence-corrected chi connectivity index (χ4v) is 3.67. The topological polar surface area (TPSA) is 49.9 Å². The van der Waals surface area contributed by atoms with Crippen LogP contribution < -0.4 is 0 Å². The first kappa shape index (κ1) is 20.7. The third kappa shape index (κ3) is 4.58. The molecule has 1 fully saturated rings. The number of carbonyl (C=O) groups excluding carboxylic acids is 2. The molecular weight excluding hydrogens is 396 g/mol. The Balaban J connectivity index is 2.40. The summed E-state index contributed by atoms with van der Waals surface area (Å²) in [5.74, 6) is -0.0568. The molecule has 0 spiro atoms. The van der Waals surface area contributed by atoms with Gasteiger partial charge in [-0.3, -0.25) is 9.69 Å². The van der Waals surface area contributed by atoms with Crippen LogP contribution in [0.15, 0.2) is 28.7 Å². The van der Waals surface area contributed by atoms with Crippen molar-refractivity contribution in [2.75, 3.05) is 7.05 Å². The van der Waals surface area contributed by atoms with Crippen LogP contribution in [0.1, 0.15) is 47.1 Å². The molecule has 1 aliphatic rings. The van der Waals surface area contributed by atoms with Crippen molar-refractivity contribution in [1.29, 1.82) is 0 Å². The predicted octanol–water partition coefficient (Wildman–Crippen LogP) is 4.44. The lowest BCUT2D eigenvalue weighted by Gasteiger charge is -2.39. The van der Waals surface area contributed by atoms with Crippen LogP contribution in [0.2, 0.25) is 0 Å². The number of benzene rings is 1. The molecule has 144 valence electrons. The Labute approximate surface area is 164 Å². The molecule has 0 saturated carbocycles. The number of rotatable bonds is 2. The Morgan fingerprint density at radius 3 is 2.12 bits per heavy atom. The van der Waals surface area contributed by atoms with Crippen LogP contribution in [0.3, 0.4) is 0 Å². The Kier molecular flexibility index (Phi) is 5.76. The van der Waals surface area contributed by atoms with Crippen molar-refractivity contribution in [3.63, 3.8) is 0 Å². The van der Waals surface area contributed by atoms with Gasteiger partial charge in [0, 0.05) is 23.4 Å². The number of amides is 2. The largest absolute Gasteiger partial charge is 0.444 e.